The predicted octanol–water partition coefficient (Wildman–Crippen LogP) is 1.90. The molecule has 5 heteroatoms. The molecule has 2 aliphatic heterocycles. The molecule has 1 fully saturated rings. The summed E-state index contributed by atoms with van der Waals surface area (Å²) in [5.41, 5.74) is 6.28. The number of rotatable bonds is 1. The van der Waals surface area contributed by atoms with Gasteiger partial charge in [-0.1, -0.05) is 12.1 Å². The van der Waals surface area contributed by atoms with E-state index in [2.05, 4.69) is 4.99 Å². The monoisotopic (exact) mass is 263 g/mol. The Morgan fingerprint density at radius 3 is 3.00 bits per heavy atom. The number of hydrogen-bond acceptors (Lipinski definition) is 4. The van der Waals surface area contributed by atoms with Crippen LogP contribution in [0.2, 0.25) is 0 Å². The summed E-state index contributed by atoms with van der Waals surface area (Å²) in [4.78, 5) is 6.21. The van der Waals surface area contributed by atoms with Crippen LogP contribution >= 0.6 is 0 Å². The summed E-state index contributed by atoms with van der Waals surface area (Å²) in [5, 5.41) is 0. The molecule has 2 atom stereocenters. The van der Waals surface area contributed by atoms with Gasteiger partial charge < -0.3 is 15.4 Å². The van der Waals surface area contributed by atoms with E-state index in [0.717, 1.165) is 12.8 Å². The second-order valence-electron chi connectivity index (χ2n) is 5.32. The number of benzene rings is 1. The molecule has 0 aromatic heterocycles. The highest BCUT2D eigenvalue weighted by molar-refractivity contribution is 5.98. The van der Waals surface area contributed by atoms with Gasteiger partial charge in [-0.05, 0) is 31.9 Å². The second-order valence-corrected chi connectivity index (χ2v) is 5.32. The molecule has 1 spiro atoms. The van der Waals surface area contributed by atoms with Crippen molar-refractivity contribution in [3.8, 4) is 0 Å². The highest BCUT2D eigenvalue weighted by atomic mass is 19.1. The molecule has 0 bridgehead atoms. The van der Waals surface area contributed by atoms with E-state index < -0.39 is 0 Å². The minimum atomic E-state index is -0.263. The molecule has 1 aromatic carbocycles. The molecule has 0 aliphatic carbocycles. The van der Waals surface area contributed by atoms with Crippen LogP contribution in [0.15, 0.2) is 29.3 Å². The standard InChI is InChI=1S/C14H18FN3O/c1-10-8-14(6-7-19-10)9-17-13(16)18(14)12-5-3-2-4-11(12)15/h2-5,10H,6-9H2,1H3,(H2,16,17). The van der Waals surface area contributed by atoms with Crippen molar-refractivity contribution < 1.29 is 9.13 Å². The number of ether oxygens (including phenoxy) is 1. The van der Waals surface area contributed by atoms with Gasteiger partial charge in [-0.15, -0.1) is 0 Å². The van der Waals surface area contributed by atoms with Crippen molar-refractivity contribution in [1.82, 2.24) is 0 Å². The molecule has 0 saturated carbocycles. The molecule has 1 aromatic rings. The van der Waals surface area contributed by atoms with E-state index in [9.17, 15) is 4.39 Å². The third-order valence-electron chi connectivity index (χ3n) is 3.97. The van der Waals surface area contributed by atoms with Crippen LogP contribution < -0.4 is 10.6 Å². The molecule has 1 saturated heterocycles. The van der Waals surface area contributed by atoms with Crippen molar-refractivity contribution in [3.63, 3.8) is 0 Å². The number of nitrogens with two attached hydrogens (primary N) is 1. The normalized spacial score (nSPS) is 30.7. The fourth-order valence-electron chi connectivity index (χ4n) is 3.12. The molecule has 19 heavy (non-hydrogen) atoms. The number of aliphatic imine (C=N–C) groups is 1. The van der Waals surface area contributed by atoms with Crippen LogP contribution in [0.4, 0.5) is 10.1 Å². The molecule has 2 aliphatic rings. The van der Waals surface area contributed by atoms with Gasteiger partial charge in [0.1, 0.15) is 5.82 Å². The van der Waals surface area contributed by atoms with Gasteiger partial charge in [-0.2, -0.15) is 0 Å². The summed E-state index contributed by atoms with van der Waals surface area (Å²) in [6, 6.07) is 6.71. The van der Waals surface area contributed by atoms with Crippen LogP contribution in [0.5, 0.6) is 0 Å². The first-order valence-electron chi connectivity index (χ1n) is 6.59. The van der Waals surface area contributed by atoms with Gasteiger partial charge in [0.05, 0.1) is 23.9 Å². The molecule has 2 heterocycles. The zero-order valence-corrected chi connectivity index (χ0v) is 11.0. The van der Waals surface area contributed by atoms with Gasteiger partial charge in [0.15, 0.2) is 5.96 Å². The van der Waals surface area contributed by atoms with Crippen LogP contribution in [-0.4, -0.2) is 30.8 Å². The van der Waals surface area contributed by atoms with Crippen molar-refractivity contribution >= 4 is 11.6 Å². The minimum absolute atomic E-state index is 0.143. The Bertz CT molecular complexity index is 519. The van der Waals surface area contributed by atoms with Gasteiger partial charge in [-0.25, -0.2) is 4.39 Å². The van der Waals surface area contributed by atoms with Crippen molar-refractivity contribution in [2.75, 3.05) is 18.1 Å². The largest absolute Gasteiger partial charge is 0.378 e. The van der Waals surface area contributed by atoms with Gasteiger partial charge in [0.2, 0.25) is 0 Å². The summed E-state index contributed by atoms with van der Waals surface area (Å²) < 4.78 is 19.7. The Balaban J connectivity index is 2.01. The average Bonchev–Trinajstić information content (AvgIpc) is 2.67. The number of hydrogen-bond donors (Lipinski definition) is 1. The van der Waals surface area contributed by atoms with Crippen LogP contribution in [0.3, 0.4) is 0 Å². The van der Waals surface area contributed by atoms with Gasteiger partial charge in [-0.3, -0.25) is 4.99 Å². The SMILES string of the molecule is CC1CC2(CCO1)CN=C(N)N2c1ccccc1F. The van der Waals surface area contributed by atoms with Crippen LogP contribution in [-0.2, 0) is 4.74 Å². The molecule has 2 N–H and O–H groups in total. The van der Waals surface area contributed by atoms with E-state index in [1.807, 2.05) is 17.9 Å². The summed E-state index contributed by atoms with van der Waals surface area (Å²) in [5.74, 6) is 0.139. The zero-order valence-electron chi connectivity index (χ0n) is 11.0. The zero-order chi connectivity index (χ0) is 13.5. The molecule has 2 unspecified atom stereocenters. The quantitative estimate of drug-likeness (QED) is 0.842. The second kappa shape index (κ2) is 4.49. The first kappa shape index (κ1) is 12.4. The molecule has 3 rings (SSSR count). The highest BCUT2D eigenvalue weighted by Crippen LogP contribution is 2.38. The summed E-state index contributed by atoms with van der Waals surface area (Å²) >= 11 is 0. The van der Waals surface area contributed by atoms with Crippen LogP contribution in [0, 0.1) is 5.82 Å². The lowest BCUT2D eigenvalue weighted by atomic mass is 9.85. The smallest absolute Gasteiger partial charge is 0.196 e. The Labute approximate surface area is 112 Å². The van der Waals surface area contributed by atoms with Gasteiger partial charge in [0, 0.05) is 6.61 Å². The fourth-order valence-corrected chi connectivity index (χ4v) is 3.12. The van der Waals surface area contributed by atoms with E-state index in [0.29, 0.717) is 24.8 Å². The molecule has 4 nitrogen and oxygen atoms in total. The Morgan fingerprint density at radius 1 is 1.47 bits per heavy atom. The fraction of sp³-hybridized carbons (Fsp3) is 0.500. The van der Waals surface area contributed by atoms with E-state index in [-0.39, 0.29) is 17.5 Å². The third kappa shape index (κ3) is 1.98. The maximum atomic E-state index is 14.1. The van der Waals surface area contributed by atoms with Crippen molar-refractivity contribution in [1.29, 1.82) is 0 Å². The van der Waals surface area contributed by atoms with Crippen molar-refractivity contribution in [2.24, 2.45) is 10.7 Å². The van der Waals surface area contributed by atoms with Crippen molar-refractivity contribution in [2.45, 2.75) is 31.4 Å². The molecule has 0 radical (unpaired) electrons. The predicted molar refractivity (Wildman–Crippen MR) is 72.7 cm³/mol. The van der Waals surface area contributed by atoms with E-state index >= 15 is 0 Å². The van der Waals surface area contributed by atoms with Crippen LogP contribution in [0.25, 0.3) is 0 Å². The van der Waals surface area contributed by atoms with E-state index in [1.165, 1.54) is 6.07 Å². The maximum Gasteiger partial charge on any atom is 0.196 e. The number of guanidine groups is 1. The summed E-state index contributed by atoms with van der Waals surface area (Å²) in [6.07, 6.45) is 1.77. The number of para-hydroxylation sites is 1. The van der Waals surface area contributed by atoms with E-state index in [1.54, 1.807) is 12.1 Å². The lowest BCUT2D eigenvalue weighted by Crippen LogP contribution is -2.56. The first-order valence-corrected chi connectivity index (χ1v) is 6.59. The topological polar surface area (TPSA) is 50.9 Å². The van der Waals surface area contributed by atoms with E-state index in [4.69, 9.17) is 10.5 Å². The number of anilines is 1. The first-order chi connectivity index (χ1) is 9.12. The Morgan fingerprint density at radius 2 is 2.26 bits per heavy atom. The highest BCUT2D eigenvalue weighted by Gasteiger charge is 2.46. The maximum absolute atomic E-state index is 14.1. The van der Waals surface area contributed by atoms with Crippen LogP contribution in [0.1, 0.15) is 19.8 Å². The van der Waals surface area contributed by atoms with Gasteiger partial charge >= 0.3 is 0 Å². The number of nitrogens with zero attached hydrogens (tertiary/aromatic N) is 2. The van der Waals surface area contributed by atoms with Gasteiger partial charge in [0.25, 0.3) is 0 Å². The molecular formula is C14H18FN3O. The lowest BCUT2D eigenvalue weighted by molar-refractivity contribution is -0.00256. The molecule has 102 valence electrons. The summed E-state index contributed by atoms with van der Waals surface area (Å²) in [7, 11) is 0. The Hall–Kier alpha value is -1.62. The average molecular weight is 263 g/mol. The molecular weight excluding hydrogens is 245 g/mol. The molecule has 0 amide bonds. The summed E-state index contributed by atoms with van der Waals surface area (Å²) in [6.45, 7) is 3.31. The van der Waals surface area contributed by atoms with Crippen molar-refractivity contribution in [3.05, 3.63) is 30.1 Å². The Kier molecular flexibility index (Phi) is 2.93. The lowest BCUT2D eigenvalue weighted by Gasteiger charge is -2.43. The minimum Gasteiger partial charge on any atom is -0.378 e. The third-order valence-corrected chi connectivity index (χ3v) is 3.97. The number of halogens is 1.